The summed E-state index contributed by atoms with van der Waals surface area (Å²) in [5, 5.41) is 4.43. The molecule has 134 valence electrons. The van der Waals surface area contributed by atoms with E-state index in [0.717, 1.165) is 11.3 Å². The fourth-order valence-electron chi connectivity index (χ4n) is 2.57. The van der Waals surface area contributed by atoms with Crippen molar-refractivity contribution < 1.29 is 4.79 Å². The molecular weight excluding hydrogens is 330 g/mol. The van der Waals surface area contributed by atoms with Crippen molar-refractivity contribution in [2.75, 3.05) is 5.73 Å². The van der Waals surface area contributed by atoms with Crippen molar-refractivity contribution in [3.8, 4) is 11.5 Å². The van der Waals surface area contributed by atoms with Crippen LogP contribution in [0.1, 0.15) is 36.8 Å². The lowest BCUT2D eigenvalue weighted by Crippen LogP contribution is -2.15. The van der Waals surface area contributed by atoms with Gasteiger partial charge in [0.25, 0.3) is 0 Å². The lowest BCUT2D eigenvalue weighted by Gasteiger charge is -2.09. The Balaban J connectivity index is 2.07. The predicted molar refractivity (Wildman–Crippen MR) is 98.0 cm³/mol. The summed E-state index contributed by atoms with van der Waals surface area (Å²) in [6, 6.07) is 11.7. The average Bonchev–Trinajstić information content (AvgIpc) is 2.96. The molecule has 3 rings (SSSR count). The quantitative estimate of drug-likeness (QED) is 0.693. The van der Waals surface area contributed by atoms with Crippen LogP contribution in [0.5, 0.6) is 0 Å². The van der Waals surface area contributed by atoms with Crippen LogP contribution in [0.25, 0.3) is 11.5 Å². The molecule has 3 aromatic rings. The van der Waals surface area contributed by atoms with Crippen molar-refractivity contribution in [3.63, 3.8) is 0 Å². The summed E-state index contributed by atoms with van der Waals surface area (Å²) in [4.78, 5) is 24.3. The number of nitrogens with zero attached hydrogens (tertiary/aromatic N) is 5. The molecule has 0 aliphatic heterocycles. The molecule has 0 saturated heterocycles. The zero-order valence-corrected chi connectivity index (χ0v) is 14.8. The summed E-state index contributed by atoms with van der Waals surface area (Å²) in [5.74, 6) is 0.762. The normalized spacial score (nSPS) is 11.0. The number of aromatic nitrogens is 5. The van der Waals surface area contributed by atoms with E-state index in [4.69, 9.17) is 11.5 Å². The SMILES string of the molecule is CC(C)c1cc(-c2nc(CC(N)=O)nn2Cc2ccccc2)nc(N)n1. The van der Waals surface area contributed by atoms with Crippen LogP contribution in [-0.2, 0) is 17.8 Å². The van der Waals surface area contributed by atoms with Gasteiger partial charge in [-0.25, -0.2) is 19.6 Å². The number of benzene rings is 1. The maximum Gasteiger partial charge on any atom is 0.225 e. The van der Waals surface area contributed by atoms with E-state index in [1.807, 2.05) is 50.2 Å². The van der Waals surface area contributed by atoms with Gasteiger partial charge in [-0.05, 0) is 17.5 Å². The lowest BCUT2D eigenvalue weighted by atomic mass is 10.1. The maximum atomic E-state index is 11.3. The summed E-state index contributed by atoms with van der Waals surface area (Å²) >= 11 is 0. The van der Waals surface area contributed by atoms with Gasteiger partial charge in [-0.2, -0.15) is 5.10 Å². The highest BCUT2D eigenvalue weighted by Crippen LogP contribution is 2.22. The Kier molecular flexibility index (Phi) is 4.92. The van der Waals surface area contributed by atoms with Crippen molar-refractivity contribution in [1.82, 2.24) is 24.7 Å². The molecule has 26 heavy (non-hydrogen) atoms. The largest absolute Gasteiger partial charge is 0.369 e. The molecule has 8 nitrogen and oxygen atoms in total. The molecule has 0 aliphatic carbocycles. The van der Waals surface area contributed by atoms with Crippen LogP contribution in [0, 0.1) is 0 Å². The van der Waals surface area contributed by atoms with Crippen molar-refractivity contribution in [3.05, 3.63) is 53.5 Å². The van der Waals surface area contributed by atoms with Gasteiger partial charge in [0, 0.05) is 5.69 Å². The summed E-state index contributed by atoms with van der Waals surface area (Å²) in [6.07, 6.45) is -0.0353. The second-order valence-electron chi connectivity index (χ2n) is 6.33. The number of anilines is 1. The van der Waals surface area contributed by atoms with E-state index >= 15 is 0 Å². The van der Waals surface area contributed by atoms with Crippen molar-refractivity contribution in [1.29, 1.82) is 0 Å². The molecule has 4 N–H and O–H groups in total. The van der Waals surface area contributed by atoms with Gasteiger partial charge in [0.15, 0.2) is 11.6 Å². The number of hydrogen-bond donors (Lipinski definition) is 2. The number of rotatable bonds is 6. The number of amides is 1. The summed E-state index contributed by atoms with van der Waals surface area (Å²) in [7, 11) is 0. The lowest BCUT2D eigenvalue weighted by molar-refractivity contribution is -0.117. The highest BCUT2D eigenvalue weighted by molar-refractivity contribution is 5.75. The zero-order chi connectivity index (χ0) is 18.7. The standard InChI is InChI=1S/C18H21N7O/c1-11(2)13-8-14(22-18(20)21-13)17-23-16(9-15(19)26)24-25(17)10-12-6-4-3-5-7-12/h3-8,11H,9-10H2,1-2H3,(H2,19,26)(H2,20,21,22). The van der Waals surface area contributed by atoms with E-state index in [9.17, 15) is 4.79 Å². The molecule has 0 aliphatic rings. The number of nitrogen functional groups attached to an aromatic ring is 1. The van der Waals surface area contributed by atoms with Gasteiger partial charge in [-0.15, -0.1) is 0 Å². The highest BCUT2D eigenvalue weighted by Gasteiger charge is 2.17. The number of carbonyl (C=O) groups is 1. The first-order valence-electron chi connectivity index (χ1n) is 8.33. The summed E-state index contributed by atoms with van der Waals surface area (Å²) < 4.78 is 1.71. The minimum absolute atomic E-state index is 0.0353. The third-order valence-electron chi connectivity index (χ3n) is 3.81. The van der Waals surface area contributed by atoms with E-state index < -0.39 is 5.91 Å². The molecule has 0 fully saturated rings. The molecule has 1 aromatic carbocycles. The Bertz CT molecular complexity index is 919. The molecule has 2 aromatic heterocycles. The number of nitrogens with two attached hydrogens (primary N) is 2. The van der Waals surface area contributed by atoms with Crippen molar-refractivity contribution >= 4 is 11.9 Å². The van der Waals surface area contributed by atoms with Crippen molar-refractivity contribution in [2.45, 2.75) is 32.7 Å². The van der Waals surface area contributed by atoms with Gasteiger partial charge >= 0.3 is 0 Å². The van der Waals surface area contributed by atoms with Gasteiger partial charge in [0.05, 0.1) is 13.0 Å². The minimum Gasteiger partial charge on any atom is -0.369 e. The zero-order valence-electron chi connectivity index (χ0n) is 14.8. The molecular formula is C18H21N7O. The van der Waals surface area contributed by atoms with Gasteiger partial charge < -0.3 is 11.5 Å². The highest BCUT2D eigenvalue weighted by atomic mass is 16.1. The van der Waals surface area contributed by atoms with E-state index in [1.165, 1.54) is 0 Å². The fourth-order valence-corrected chi connectivity index (χ4v) is 2.57. The second kappa shape index (κ2) is 7.30. The van der Waals surface area contributed by atoms with Crippen molar-refractivity contribution in [2.24, 2.45) is 5.73 Å². The molecule has 0 atom stereocenters. The minimum atomic E-state index is -0.488. The molecule has 2 heterocycles. The summed E-state index contributed by atoms with van der Waals surface area (Å²) in [6.45, 7) is 4.54. The van der Waals surface area contributed by atoms with Gasteiger partial charge in [0.2, 0.25) is 11.9 Å². The van der Waals surface area contributed by atoms with Crippen LogP contribution >= 0.6 is 0 Å². The second-order valence-corrected chi connectivity index (χ2v) is 6.33. The Morgan fingerprint density at radius 2 is 1.88 bits per heavy atom. The van der Waals surface area contributed by atoms with Crippen LogP contribution in [0.15, 0.2) is 36.4 Å². The van der Waals surface area contributed by atoms with E-state index in [1.54, 1.807) is 4.68 Å². The molecule has 0 spiro atoms. The van der Waals surface area contributed by atoms with Crippen LogP contribution in [0.3, 0.4) is 0 Å². The summed E-state index contributed by atoms with van der Waals surface area (Å²) in [5.41, 5.74) is 13.6. The number of primary amides is 1. The smallest absolute Gasteiger partial charge is 0.225 e. The average molecular weight is 351 g/mol. The number of carbonyl (C=O) groups excluding carboxylic acids is 1. The third kappa shape index (κ3) is 4.02. The first kappa shape index (κ1) is 17.5. The monoisotopic (exact) mass is 351 g/mol. The number of hydrogen-bond acceptors (Lipinski definition) is 6. The first-order chi connectivity index (χ1) is 12.4. The van der Waals surface area contributed by atoms with E-state index in [0.29, 0.717) is 23.9 Å². The Morgan fingerprint density at radius 1 is 1.15 bits per heavy atom. The van der Waals surface area contributed by atoms with Gasteiger partial charge in [-0.3, -0.25) is 4.79 Å². The third-order valence-corrected chi connectivity index (χ3v) is 3.81. The molecule has 1 amide bonds. The molecule has 0 unspecified atom stereocenters. The van der Waals surface area contributed by atoms with E-state index in [2.05, 4.69) is 20.1 Å². The first-order valence-corrected chi connectivity index (χ1v) is 8.33. The van der Waals surface area contributed by atoms with Crippen LogP contribution in [-0.4, -0.2) is 30.6 Å². The van der Waals surface area contributed by atoms with Crippen LogP contribution in [0.4, 0.5) is 5.95 Å². The molecule has 0 saturated carbocycles. The van der Waals surface area contributed by atoms with Crippen LogP contribution < -0.4 is 11.5 Å². The predicted octanol–water partition coefficient (Wildman–Crippen LogP) is 1.52. The molecule has 0 radical (unpaired) electrons. The van der Waals surface area contributed by atoms with Gasteiger partial charge in [0.1, 0.15) is 5.69 Å². The van der Waals surface area contributed by atoms with Crippen LogP contribution in [0.2, 0.25) is 0 Å². The fraction of sp³-hybridized carbons (Fsp3) is 0.278. The molecule has 8 heteroatoms. The molecule has 0 bridgehead atoms. The maximum absolute atomic E-state index is 11.3. The van der Waals surface area contributed by atoms with E-state index in [-0.39, 0.29) is 18.3 Å². The van der Waals surface area contributed by atoms with Gasteiger partial charge in [-0.1, -0.05) is 44.2 Å². The Morgan fingerprint density at radius 3 is 2.54 bits per heavy atom. The topological polar surface area (TPSA) is 126 Å². The Hall–Kier alpha value is -3.29. The Labute approximate surface area is 151 Å².